The van der Waals surface area contributed by atoms with Crippen LogP contribution in [0.1, 0.15) is 36.1 Å². The van der Waals surface area contributed by atoms with Gasteiger partial charge in [0.05, 0.1) is 14.2 Å². The second kappa shape index (κ2) is 6.78. The summed E-state index contributed by atoms with van der Waals surface area (Å²) in [5.41, 5.74) is 5.77. The molecule has 0 aromatic heterocycles. The zero-order valence-corrected chi connectivity index (χ0v) is 17.0. The smallest absolute Gasteiger partial charge is 0.166 e. The van der Waals surface area contributed by atoms with Crippen LogP contribution in [-0.4, -0.2) is 37.3 Å². The van der Waals surface area contributed by atoms with Crippen LogP contribution in [0.25, 0.3) is 11.1 Å². The summed E-state index contributed by atoms with van der Waals surface area (Å²) < 4.78 is 11.9. The Morgan fingerprint density at radius 1 is 1.23 bits per heavy atom. The van der Waals surface area contributed by atoms with Gasteiger partial charge in [0.2, 0.25) is 0 Å². The van der Waals surface area contributed by atoms with E-state index in [1.54, 1.807) is 14.2 Å². The van der Waals surface area contributed by atoms with Gasteiger partial charge in [-0.1, -0.05) is 22.9 Å². The molecular weight excluding hydrogens is 394 g/mol. The topological polar surface area (TPSA) is 41.9 Å². The number of halogens is 1. The van der Waals surface area contributed by atoms with E-state index in [2.05, 4.69) is 39.9 Å². The number of hydrogen-bond donors (Lipinski definition) is 1. The second-order valence-electron chi connectivity index (χ2n) is 7.02. The number of fused-ring (bicyclic) bond motifs is 2. The van der Waals surface area contributed by atoms with Crippen LogP contribution in [0.3, 0.4) is 0 Å². The molecule has 138 valence electrons. The summed E-state index contributed by atoms with van der Waals surface area (Å²) >= 11 is 3.71. The molecule has 2 aromatic rings. The Morgan fingerprint density at radius 2 is 2.04 bits per heavy atom. The van der Waals surface area contributed by atoms with Gasteiger partial charge in [-0.25, -0.2) is 0 Å². The molecule has 1 aliphatic heterocycles. The summed E-state index contributed by atoms with van der Waals surface area (Å²) in [4.78, 5) is 2.58. The van der Waals surface area contributed by atoms with Crippen molar-refractivity contribution in [3.63, 3.8) is 0 Å². The lowest BCUT2D eigenvalue weighted by Crippen LogP contribution is -2.39. The first-order valence-electron chi connectivity index (χ1n) is 9.12. The first kappa shape index (κ1) is 17.7. The molecule has 2 aliphatic rings. The molecule has 4 nitrogen and oxygen atoms in total. The van der Waals surface area contributed by atoms with Gasteiger partial charge in [0.1, 0.15) is 5.75 Å². The third kappa shape index (κ3) is 2.60. The molecule has 1 unspecified atom stereocenters. The minimum atomic E-state index is 0.215. The Morgan fingerprint density at radius 3 is 2.73 bits per heavy atom. The van der Waals surface area contributed by atoms with Gasteiger partial charge < -0.3 is 14.6 Å². The third-order valence-electron chi connectivity index (χ3n) is 5.63. The van der Waals surface area contributed by atoms with Gasteiger partial charge in [0.25, 0.3) is 0 Å². The molecule has 0 amide bonds. The number of methoxy groups -OCH3 is 2. The highest BCUT2D eigenvalue weighted by Crippen LogP contribution is 2.53. The summed E-state index contributed by atoms with van der Waals surface area (Å²) in [5, 5.41) is 10.9. The monoisotopic (exact) mass is 417 g/mol. The van der Waals surface area contributed by atoms with E-state index in [0.717, 1.165) is 59.3 Å². The lowest BCUT2D eigenvalue weighted by Gasteiger charge is -2.42. The molecule has 2 aromatic carbocycles. The number of hydrogen-bond acceptors (Lipinski definition) is 4. The Kier molecular flexibility index (Phi) is 4.61. The van der Waals surface area contributed by atoms with Crippen molar-refractivity contribution in [1.29, 1.82) is 0 Å². The van der Waals surface area contributed by atoms with Crippen molar-refractivity contribution in [2.75, 3.05) is 27.3 Å². The van der Waals surface area contributed by atoms with Crippen molar-refractivity contribution in [1.82, 2.24) is 4.90 Å². The molecule has 0 saturated carbocycles. The average Bonchev–Trinajstić information content (AvgIpc) is 2.66. The molecule has 1 aliphatic carbocycles. The summed E-state index contributed by atoms with van der Waals surface area (Å²) in [6, 6.07) is 6.43. The van der Waals surface area contributed by atoms with Crippen LogP contribution >= 0.6 is 15.9 Å². The van der Waals surface area contributed by atoms with Gasteiger partial charge in [-0.3, -0.25) is 4.90 Å². The highest BCUT2D eigenvalue weighted by atomic mass is 79.9. The third-order valence-corrected chi connectivity index (χ3v) is 6.34. The van der Waals surface area contributed by atoms with Crippen LogP contribution in [0.15, 0.2) is 22.7 Å². The van der Waals surface area contributed by atoms with Crippen LogP contribution in [0.4, 0.5) is 0 Å². The predicted molar refractivity (Wildman–Crippen MR) is 106 cm³/mol. The molecule has 0 radical (unpaired) electrons. The van der Waals surface area contributed by atoms with Crippen molar-refractivity contribution < 1.29 is 14.6 Å². The summed E-state index contributed by atoms with van der Waals surface area (Å²) in [7, 11) is 3.28. The van der Waals surface area contributed by atoms with Gasteiger partial charge in [-0.2, -0.15) is 0 Å². The van der Waals surface area contributed by atoms with Crippen molar-refractivity contribution in [3.05, 3.63) is 39.4 Å². The summed E-state index contributed by atoms with van der Waals surface area (Å²) in [5.74, 6) is 1.55. The maximum atomic E-state index is 10.9. The van der Waals surface area contributed by atoms with Crippen LogP contribution in [0.2, 0.25) is 0 Å². The minimum Gasteiger partial charge on any atom is -0.504 e. The summed E-state index contributed by atoms with van der Waals surface area (Å²) in [6.07, 6.45) is 3.04. The normalized spacial score (nSPS) is 18.2. The molecule has 1 N–H and O–H groups in total. The molecule has 0 fully saturated rings. The molecule has 5 heteroatoms. The highest BCUT2D eigenvalue weighted by Gasteiger charge is 2.37. The summed E-state index contributed by atoms with van der Waals surface area (Å²) in [6.45, 7) is 4.38. The molecule has 0 spiro atoms. The highest BCUT2D eigenvalue weighted by molar-refractivity contribution is 9.10. The molecule has 26 heavy (non-hydrogen) atoms. The molecule has 1 heterocycles. The number of aromatic hydroxyl groups is 1. The Bertz CT molecular complexity index is 865. The van der Waals surface area contributed by atoms with E-state index in [9.17, 15) is 5.11 Å². The fraction of sp³-hybridized carbons (Fsp3) is 0.429. The quantitative estimate of drug-likeness (QED) is 0.782. The molecular formula is C21H24BrNO3. The fourth-order valence-electron chi connectivity index (χ4n) is 4.49. The molecule has 1 atom stereocenters. The fourth-order valence-corrected chi connectivity index (χ4v) is 5.06. The number of nitrogens with zero attached hydrogens (tertiary/aromatic N) is 1. The maximum Gasteiger partial charge on any atom is 0.166 e. The first-order valence-corrected chi connectivity index (χ1v) is 9.91. The van der Waals surface area contributed by atoms with E-state index in [0.29, 0.717) is 11.8 Å². The average molecular weight is 418 g/mol. The second-order valence-corrected chi connectivity index (χ2v) is 7.87. The van der Waals surface area contributed by atoms with Crippen molar-refractivity contribution in [2.24, 2.45) is 0 Å². The SMILES string of the molecule is CCCN1CCc2cc(OC)cc3c2C1Cc1c(Br)cc(OC)c(O)c1-3. The van der Waals surface area contributed by atoms with E-state index in [1.165, 1.54) is 11.1 Å². The van der Waals surface area contributed by atoms with Gasteiger partial charge >= 0.3 is 0 Å². The number of phenols is 1. The van der Waals surface area contributed by atoms with Gasteiger partial charge in [0, 0.05) is 22.6 Å². The lowest BCUT2D eigenvalue weighted by atomic mass is 9.76. The van der Waals surface area contributed by atoms with Gasteiger partial charge in [0.15, 0.2) is 11.5 Å². The van der Waals surface area contributed by atoms with Crippen LogP contribution in [0, 0.1) is 0 Å². The van der Waals surface area contributed by atoms with Crippen molar-refractivity contribution >= 4 is 15.9 Å². The van der Waals surface area contributed by atoms with Crippen LogP contribution in [0.5, 0.6) is 17.2 Å². The number of rotatable bonds is 4. The van der Waals surface area contributed by atoms with Gasteiger partial charge in [-0.15, -0.1) is 0 Å². The van der Waals surface area contributed by atoms with Crippen LogP contribution < -0.4 is 9.47 Å². The first-order chi connectivity index (χ1) is 12.6. The van der Waals surface area contributed by atoms with Crippen LogP contribution in [-0.2, 0) is 12.8 Å². The maximum absolute atomic E-state index is 10.9. The molecule has 0 bridgehead atoms. The van der Waals surface area contributed by atoms with Gasteiger partial charge in [-0.05, 0) is 66.3 Å². The van der Waals surface area contributed by atoms with E-state index in [1.807, 2.05) is 6.07 Å². The Balaban J connectivity index is 2.01. The number of benzene rings is 2. The molecule has 4 rings (SSSR count). The predicted octanol–water partition coefficient (Wildman–Crippen LogP) is 4.70. The van der Waals surface area contributed by atoms with E-state index in [-0.39, 0.29) is 5.75 Å². The number of phenolic OH excluding ortho intramolecular Hbond substituents is 1. The van der Waals surface area contributed by atoms with Crippen molar-refractivity contribution in [3.8, 4) is 28.4 Å². The largest absolute Gasteiger partial charge is 0.504 e. The molecule has 0 saturated heterocycles. The standard InChI is InChI=1S/C21H24BrNO3/c1-4-6-23-7-5-12-8-13(25-2)9-15-19(12)17(23)10-14-16(22)11-18(26-3)21(24)20(14)15/h8-9,11,17,24H,4-7,10H2,1-3H3. The minimum absolute atomic E-state index is 0.215. The zero-order chi connectivity index (χ0) is 18.4. The van der Waals surface area contributed by atoms with E-state index < -0.39 is 0 Å². The van der Waals surface area contributed by atoms with E-state index in [4.69, 9.17) is 9.47 Å². The lowest BCUT2D eigenvalue weighted by molar-refractivity contribution is 0.182. The Hall–Kier alpha value is -1.72. The van der Waals surface area contributed by atoms with Crippen molar-refractivity contribution in [2.45, 2.75) is 32.2 Å². The van der Waals surface area contributed by atoms with E-state index >= 15 is 0 Å². The number of ether oxygens (including phenoxy) is 2. The Labute approximate surface area is 162 Å². The zero-order valence-electron chi connectivity index (χ0n) is 15.4.